The summed E-state index contributed by atoms with van der Waals surface area (Å²) in [6.45, 7) is 1.93. The van der Waals surface area contributed by atoms with E-state index >= 15 is 0 Å². The lowest BCUT2D eigenvalue weighted by Crippen LogP contribution is -2.12. The van der Waals surface area contributed by atoms with Gasteiger partial charge >= 0.3 is 0 Å². The molecule has 0 aromatic heterocycles. The second-order valence-electron chi connectivity index (χ2n) is 5.51. The Morgan fingerprint density at radius 2 is 1.92 bits per heavy atom. The highest BCUT2D eigenvalue weighted by atomic mass is 32.2. The number of ether oxygens (including phenoxy) is 1. The van der Waals surface area contributed by atoms with Crippen molar-refractivity contribution in [1.29, 1.82) is 0 Å². The van der Waals surface area contributed by atoms with Gasteiger partial charge in [0.25, 0.3) is 5.91 Å². The van der Waals surface area contributed by atoms with E-state index in [1.165, 1.54) is 18.2 Å². The molecule has 0 bridgehead atoms. The number of amides is 1. The average molecular weight is 344 g/mol. The maximum atomic E-state index is 12.3. The zero-order valence-corrected chi connectivity index (χ0v) is 14.0. The van der Waals surface area contributed by atoms with Crippen molar-refractivity contribution < 1.29 is 17.9 Å². The number of fused-ring (bicyclic) bond motifs is 1. The molecule has 0 aliphatic carbocycles. The number of carbonyl (C=O) groups is 1. The number of carbonyl (C=O) groups excluding carboxylic acids is 1. The Morgan fingerprint density at radius 1 is 1.17 bits per heavy atom. The van der Waals surface area contributed by atoms with Crippen LogP contribution >= 0.6 is 0 Å². The van der Waals surface area contributed by atoms with Gasteiger partial charge in [0.05, 0.1) is 12.0 Å². The van der Waals surface area contributed by atoms with Gasteiger partial charge in [0, 0.05) is 22.4 Å². The fourth-order valence-electron chi connectivity index (χ4n) is 2.61. The van der Waals surface area contributed by atoms with E-state index < -0.39 is 10.0 Å². The fraction of sp³-hybridized carbons (Fsp3) is 0.118. The van der Waals surface area contributed by atoms with Crippen molar-refractivity contribution in [3.63, 3.8) is 0 Å². The van der Waals surface area contributed by atoms with Gasteiger partial charge in [0.15, 0.2) is 0 Å². The summed E-state index contributed by atoms with van der Waals surface area (Å²) < 4.78 is 28.4. The summed E-state index contributed by atoms with van der Waals surface area (Å²) in [6.07, 6.45) is 1.68. The molecule has 0 fully saturated rings. The molecule has 0 atom stereocenters. The Labute approximate surface area is 140 Å². The Kier molecular flexibility index (Phi) is 3.90. The molecule has 3 rings (SSSR count). The van der Waals surface area contributed by atoms with Crippen LogP contribution in [0.5, 0.6) is 5.75 Å². The van der Waals surface area contributed by atoms with E-state index in [2.05, 4.69) is 5.32 Å². The predicted octanol–water partition coefficient (Wildman–Crippen LogP) is 2.14. The third-order valence-corrected chi connectivity index (χ3v) is 4.70. The fourth-order valence-corrected chi connectivity index (χ4v) is 3.15. The lowest BCUT2D eigenvalue weighted by atomic mass is 10.0. The van der Waals surface area contributed by atoms with Crippen LogP contribution in [-0.2, 0) is 14.8 Å². The van der Waals surface area contributed by atoms with Gasteiger partial charge in [-0.25, -0.2) is 13.6 Å². The molecule has 6 nitrogen and oxygen atoms in total. The first kappa shape index (κ1) is 16.2. The average Bonchev–Trinajstić information content (AvgIpc) is 2.82. The number of aryl methyl sites for hydroxylation is 1. The van der Waals surface area contributed by atoms with E-state index in [1.807, 2.05) is 25.1 Å². The highest BCUT2D eigenvalue weighted by Gasteiger charge is 2.26. The molecule has 3 N–H and O–H groups in total. The second-order valence-corrected chi connectivity index (χ2v) is 7.07. The van der Waals surface area contributed by atoms with Crippen LogP contribution in [0.2, 0.25) is 0 Å². The third-order valence-electron chi connectivity index (χ3n) is 3.79. The Balaban J connectivity index is 2.18. The summed E-state index contributed by atoms with van der Waals surface area (Å²) in [5.74, 6) is 0.317. The number of rotatable bonds is 3. The summed E-state index contributed by atoms with van der Waals surface area (Å²) >= 11 is 0. The van der Waals surface area contributed by atoms with Crippen LogP contribution in [0.4, 0.5) is 5.69 Å². The van der Waals surface area contributed by atoms with Crippen molar-refractivity contribution in [2.45, 2.75) is 11.8 Å². The summed E-state index contributed by atoms with van der Waals surface area (Å²) in [5.41, 5.74) is 3.15. The van der Waals surface area contributed by atoms with E-state index in [0.29, 0.717) is 22.6 Å². The van der Waals surface area contributed by atoms with E-state index in [0.717, 1.165) is 11.1 Å². The van der Waals surface area contributed by atoms with Crippen LogP contribution in [0.25, 0.3) is 11.6 Å². The molecule has 1 aliphatic rings. The van der Waals surface area contributed by atoms with Crippen molar-refractivity contribution in [1.82, 2.24) is 0 Å². The number of nitrogens with one attached hydrogen (secondary N) is 1. The minimum absolute atomic E-state index is 0.0418. The van der Waals surface area contributed by atoms with Crippen molar-refractivity contribution in [3.8, 4) is 5.75 Å². The summed E-state index contributed by atoms with van der Waals surface area (Å²) in [4.78, 5) is 12.2. The zero-order valence-electron chi connectivity index (χ0n) is 13.2. The number of hydrogen-bond donors (Lipinski definition) is 2. The number of primary sulfonamides is 1. The first-order valence-corrected chi connectivity index (χ1v) is 8.69. The number of benzene rings is 2. The van der Waals surface area contributed by atoms with Crippen molar-refractivity contribution >= 4 is 33.3 Å². The molecule has 1 amide bonds. The minimum atomic E-state index is -3.85. The topological polar surface area (TPSA) is 98.5 Å². The van der Waals surface area contributed by atoms with Crippen molar-refractivity contribution in [3.05, 3.63) is 53.1 Å². The number of methoxy groups -OCH3 is 1. The van der Waals surface area contributed by atoms with E-state index in [-0.39, 0.29) is 10.8 Å². The molecule has 1 heterocycles. The van der Waals surface area contributed by atoms with Gasteiger partial charge in [-0.3, -0.25) is 4.79 Å². The first-order valence-electron chi connectivity index (χ1n) is 7.14. The Hall–Kier alpha value is -2.64. The maximum Gasteiger partial charge on any atom is 0.256 e. The van der Waals surface area contributed by atoms with E-state index in [1.54, 1.807) is 13.2 Å². The molecule has 2 aromatic carbocycles. The van der Waals surface area contributed by atoms with Gasteiger partial charge in [0.2, 0.25) is 10.0 Å². The van der Waals surface area contributed by atoms with Gasteiger partial charge in [-0.05, 0) is 43.3 Å². The molecule has 124 valence electrons. The van der Waals surface area contributed by atoms with Crippen LogP contribution in [0.15, 0.2) is 41.3 Å². The van der Waals surface area contributed by atoms with Crippen LogP contribution in [-0.4, -0.2) is 21.4 Å². The molecule has 0 saturated heterocycles. The molecule has 2 aromatic rings. The maximum absolute atomic E-state index is 12.3. The highest BCUT2D eigenvalue weighted by Crippen LogP contribution is 2.36. The molecular weight excluding hydrogens is 328 g/mol. The third kappa shape index (κ3) is 2.91. The normalized spacial score (nSPS) is 15.3. The van der Waals surface area contributed by atoms with E-state index in [4.69, 9.17) is 9.88 Å². The molecule has 0 unspecified atom stereocenters. The van der Waals surface area contributed by atoms with Gasteiger partial charge in [-0.2, -0.15) is 0 Å². The monoisotopic (exact) mass is 344 g/mol. The highest BCUT2D eigenvalue weighted by molar-refractivity contribution is 7.89. The van der Waals surface area contributed by atoms with Crippen LogP contribution in [0, 0.1) is 6.92 Å². The Bertz CT molecular complexity index is 978. The minimum Gasteiger partial charge on any atom is -0.496 e. The number of anilines is 1. The van der Waals surface area contributed by atoms with Crippen LogP contribution in [0.1, 0.15) is 16.7 Å². The predicted molar refractivity (Wildman–Crippen MR) is 92.0 cm³/mol. The summed E-state index contributed by atoms with van der Waals surface area (Å²) in [5, 5.41) is 7.89. The quantitative estimate of drug-likeness (QED) is 0.834. The molecule has 0 saturated carbocycles. The number of hydrogen-bond acceptors (Lipinski definition) is 4. The molecule has 24 heavy (non-hydrogen) atoms. The molecular formula is C17H16N2O4S. The van der Waals surface area contributed by atoms with Gasteiger partial charge in [0.1, 0.15) is 5.75 Å². The number of sulfonamides is 1. The van der Waals surface area contributed by atoms with Crippen LogP contribution in [0.3, 0.4) is 0 Å². The smallest absolute Gasteiger partial charge is 0.256 e. The number of nitrogens with two attached hydrogens (primary N) is 1. The van der Waals surface area contributed by atoms with Crippen molar-refractivity contribution in [2.24, 2.45) is 5.14 Å². The zero-order chi connectivity index (χ0) is 17.5. The van der Waals surface area contributed by atoms with Gasteiger partial charge in [-0.15, -0.1) is 0 Å². The largest absolute Gasteiger partial charge is 0.496 e. The first-order chi connectivity index (χ1) is 11.3. The summed E-state index contributed by atoms with van der Waals surface area (Å²) in [7, 11) is -2.30. The molecule has 7 heteroatoms. The van der Waals surface area contributed by atoms with E-state index in [9.17, 15) is 13.2 Å². The summed E-state index contributed by atoms with van der Waals surface area (Å²) in [6, 6.07) is 9.90. The molecule has 0 spiro atoms. The lowest BCUT2D eigenvalue weighted by Gasteiger charge is -2.07. The molecule has 1 aliphatic heterocycles. The lowest BCUT2D eigenvalue weighted by molar-refractivity contribution is -0.110. The van der Waals surface area contributed by atoms with Crippen LogP contribution < -0.4 is 15.2 Å². The second kappa shape index (κ2) is 5.77. The van der Waals surface area contributed by atoms with Gasteiger partial charge in [-0.1, -0.05) is 11.6 Å². The SMILES string of the molecule is COc1ccc(C)cc1/C=C1\C(=O)Nc2ccc(S(N)(=O)=O)cc21. The van der Waals surface area contributed by atoms with Gasteiger partial charge < -0.3 is 10.1 Å². The standard InChI is InChI=1S/C17H16N2O4S/c1-10-3-6-16(23-2)11(7-10)8-14-13-9-12(24(18,21)22)4-5-15(13)19-17(14)20/h3-9H,1-2H3,(H,19,20)(H2,18,21,22)/b14-8-. The van der Waals surface area contributed by atoms with Crippen molar-refractivity contribution in [2.75, 3.05) is 12.4 Å². The Morgan fingerprint density at radius 3 is 2.58 bits per heavy atom. The molecule has 0 radical (unpaired) electrons.